The van der Waals surface area contributed by atoms with Gasteiger partial charge < -0.3 is 5.32 Å². The predicted octanol–water partition coefficient (Wildman–Crippen LogP) is 1.27. The zero-order chi connectivity index (χ0) is 7.56. The highest BCUT2D eigenvalue weighted by Gasteiger charge is 2.09. The van der Waals surface area contributed by atoms with Crippen molar-refractivity contribution in [2.45, 2.75) is 6.92 Å². The summed E-state index contributed by atoms with van der Waals surface area (Å²) in [6.45, 7) is 6.08. The number of hydrogen-bond acceptors (Lipinski definition) is 3. The number of carbonyl (C=O) groups excluding carboxylic acids is 1. The van der Waals surface area contributed by atoms with Crippen LogP contribution in [-0.2, 0) is 4.79 Å². The summed E-state index contributed by atoms with van der Waals surface area (Å²) in [5, 5.41) is 3.96. The van der Waals surface area contributed by atoms with E-state index in [1.54, 1.807) is 6.08 Å². The molecular formula is C7H9NOS. The van der Waals surface area contributed by atoms with Gasteiger partial charge in [-0.3, -0.25) is 4.79 Å². The molecule has 1 aliphatic rings. The Kier molecular flexibility index (Phi) is 2.17. The third-order valence-electron chi connectivity index (χ3n) is 1.05. The maximum absolute atomic E-state index is 10.5. The second kappa shape index (κ2) is 2.92. The van der Waals surface area contributed by atoms with E-state index >= 15 is 0 Å². The molecule has 0 aromatic rings. The van der Waals surface area contributed by atoms with Crippen LogP contribution in [0.1, 0.15) is 6.92 Å². The summed E-state index contributed by atoms with van der Waals surface area (Å²) in [7, 11) is 0. The summed E-state index contributed by atoms with van der Waals surface area (Å²) in [6.07, 6.45) is 1.59. The van der Waals surface area contributed by atoms with Crippen molar-refractivity contribution in [3.63, 3.8) is 0 Å². The molecule has 1 aliphatic heterocycles. The molecule has 0 spiro atoms. The van der Waals surface area contributed by atoms with E-state index in [2.05, 4.69) is 11.9 Å². The molecule has 1 heterocycles. The molecule has 0 aromatic heterocycles. The molecule has 0 amide bonds. The second-order valence-corrected chi connectivity index (χ2v) is 3.33. The lowest BCUT2D eigenvalue weighted by Gasteiger charge is -1.91. The normalized spacial score (nSPS) is 21.3. The Morgan fingerprint density at radius 2 is 2.60 bits per heavy atom. The fourth-order valence-electron chi connectivity index (χ4n) is 0.678. The van der Waals surface area contributed by atoms with E-state index in [1.165, 1.54) is 18.7 Å². The van der Waals surface area contributed by atoms with E-state index in [0.29, 0.717) is 0 Å². The van der Waals surface area contributed by atoms with Gasteiger partial charge in [0.25, 0.3) is 0 Å². The van der Waals surface area contributed by atoms with Crippen molar-refractivity contribution in [2.24, 2.45) is 0 Å². The molecule has 0 aromatic carbocycles. The first-order valence-electron chi connectivity index (χ1n) is 3.00. The van der Waals surface area contributed by atoms with Crippen LogP contribution < -0.4 is 5.32 Å². The first-order chi connectivity index (χ1) is 4.68. The smallest absolute Gasteiger partial charge is 0.155 e. The van der Waals surface area contributed by atoms with E-state index in [-0.39, 0.29) is 5.78 Å². The van der Waals surface area contributed by atoms with Crippen molar-refractivity contribution >= 4 is 17.5 Å². The standard InChI is InChI=1S/C7H9NOS/c1-5(9)3-7-8-4-6(2)10-7/h3,8H,2,4H2,1H3/b7-3+. The lowest BCUT2D eigenvalue weighted by atomic mass is 10.4. The molecule has 2 nitrogen and oxygen atoms in total. The fraction of sp³-hybridized carbons (Fsp3) is 0.286. The van der Waals surface area contributed by atoms with Crippen LogP contribution in [0.3, 0.4) is 0 Å². The van der Waals surface area contributed by atoms with E-state index in [9.17, 15) is 4.79 Å². The van der Waals surface area contributed by atoms with Crippen molar-refractivity contribution in [1.29, 1.82) is 0 Å². The average Bonchev–Trinajstić information content (AvgIpc) is 2.13. The summed E-state index contributed by atoms with van der Waals surface area (Å²) in [5.41, 5.74) is 0. The van der Waals surface area contributed by atoms with E-state index in [4.69, 9.17) is 0 Å². The third-order valence-corrected chi connectivity index (χ3v) is 1.96. The topological polar surface area (TPSA) is 29.1 Å². The minimum Gasteiger partial charge on any atom is -0.375 e. The van der Waals surface area contributed by atoms with Gasteiger partial charge in [-0.2, -0.15) is 0 Å². The van der Waals surface area contributed by atoms with Crippen LogP contribution >= 0.6 is 11.8 Å². The molecule has 1 saturated heterocycles. The Balaban J connectivity index is 2.59. The number of hydrogen-bond donors (Lipinski definition) is 1. The van der Waals surface area contributed by atoms with Gasteiger partial charge in [-0.25, -0.2) is 0 Å². The van der Waals surface area contributed by atoms with Gasteiger partial charge in [0.2, 0.25) is 0 Å². The molecular weight excluding hydrogens is 146 g/mol. The Bertz CT molecular complexity index is 208. The van der Waals surface area contributed by atoms with Crippen LogP contribution in [-0.4, -0.2) is 12.3 Å². The van der Waals surface area contributed by atoms with Gasteiger partial charge >= 0.3 is 0 Å². The van der Waals surface area contributed by atoms with E-state index in [0.717, 1.165) is 16.5 Å². The lowest BCUT2D eigenvalue weighted by molar-refractivity contribution is -0.112. The number of carbonyl (C=O) groups is 1. The van der Waals surface area contributed by atoms with Crippen molar-refractivity contribution in [3.05, 3.63) is 22.6 Å². The molecule has 1 rings (SSSR count). The average molecular weight is 155 g/mol. The Labute approximate surface area is 64.4 Å². The number of rotatable bonds is 1. The van der Waals surface area contributed by atoms with Gasteiger partial charge in [-0.1, -0.05) is 18.3 Å². The van der Waals surface area contributed by atoms with Crippen LogP contribution in [0, 0.1) is 0 Å². The molecule has 0 unspecified atom stereocenters. The fourth-order valence-corrected chi connectivity index (χ4v) is 1.50. The summed E-state index contributed by atoms with van der Waals surface area (Å²) in [4.78, 5) is 11.6. The largest absolute Gasteiger partial charge is 0.375 e. The van der Waals surface area contributed by atoms with Crippen LogP contribution in [0.25, 0.3) is 0 Å². The minimum atomic E-state index is 0.0738. The Morgan fingerprint density at radius 3 is 3.00 bits per heavy atom. The Hall–Kier alpha value is -0.700. The maximum atomic E-state index is 10.5. The summed E-state index contributed by atoms with van der Waals surface area (Å²) >= 11 is 1.53. The molecule has 0 bridgehead atoms. The van der Waals surface area contributed by atoms with Gasteiger partial charge in [0.15, 0.2) is 5.78 Å². The van der Waals surface area contributed by atoms with Crippen molar-refractivity contribution in [2.75, 3.05) is 6.54 Å². The molecule has 3 heteroatoms. The number of nitrogens with one attached hydrogen (secondary N) is 1. The highest BCUT2D eigenvalue weighted by Crippen LogP contribution is 2.26. The monoisotopic (exact) mass is 155 g/mol. The van der Waals surface area contributed by atoms with Crippen molar-refractivity contribution < 1.29 is 4.79 Å². The van der Waals surface area contributed by atoms with Crippen LogP contribution in [0.2, 0.25) is 0 Å². The molecule has 1 fully saturated rings. The summed E-state index contributed by atoms with van der Waals surface area (Å²) < 4.78 is 0. The Morgan fingerprint density at radius 1 is 1.90 bits per heavy atom. The number of allylic oxidation sites excluding steroid dienone is 1. The maximum Gasteiger partial charge on any atom is 0.155 e. The predicted molar refractivity (Wildman–Crippen MR) is 43.5 cm³/mol. The van der Waals surface area contributed by atoms with Crippen LogP contribution in [0.5, 0.6) is 0 Å². The van der Waals surface area contributed by atoms with Gasteiger partial charge in [-0.05, 0) is 6.92 Å². The highest BCUT2D eigenvalue weighted by atomic mass is 32.2. The molecule has 10 heavy (non-hydrogen) atoms. The van der Waals surface area contributed by atoms with E-state index in [1.807, 2.05) is 0 Å². The molecule has 1 N–H and O–H groups in total. The highest BCUT2D eigenvalue weighted by molar-refractivity contribution is 8.07. The summed E-state index contributed by atoms with van der Waals surface area (Å²) in [5.74, 6) is 0.0738. The van der Waals surface area contributed by atoms with Crippen LogP contribution in [0.15, 0.2) is 22.6 Å². The number of ketones is 1. The molecule has 0 radical (unpaired) electrons. The number of thioether (sulfide) groups is 1. The van der Waals surface area contributed by atoms with Gasteiger partial charge in [0, 0.05) is 17.5 Å². The lowest BCUT2D eigenvalue weighted by Crippen LogP contribution is -2.04. The SMILES string of the molecule is C=C1CN/C(=C\C(C)=O)S1. The van der Waals surface area contributed by atoms with Gasteiger partial charge in [0.1, 0.15) is 0 Å². The van der Waals surface area contributed by atoms with E-state index < -0.39 is 0 Å². The van der Waals surface area contributed by atoms with Crippen molar-refractivity contribution in [3.8, 4) is 0 Å². The first-order valence-corrected chi connectivity index (χ1v) is 3.82. The molecule has 0 atom stereocenters. The summed E-state index contributed by atoms with van der Waals surface area (Å²) in [6, 6.07) is 0. The minimum absolute atomic E-state index is 0.0738. The quantitative estimate of drug-likeness (QED) is 0.578. The molecule has 54 valence electrons. The van der Waals surface area contributed by atoms with Gasteiger partial charge in [0.05, 0.1) is 5.03 Å². The first kappa shape index (κ1) is 7.41. The zero-order valence-electron chi connectivity index (χ0n) is 5.81. The zero-order valence-corrected chi connectivity index (χ0v) is 6.62. The van der Waals surface area contributed by atoms with Crippen LogP contribution in [0.4, 0.5) is 0 Å². The molecule has 0 saturated carbocycles. The van der Waals surface area contributed by atoms with Crippen molar-refractivity contribution in [1.82, 2.24) is 5.32 Å². The third kappa shape index (κ3) is 1.92. The second-order valence-electron chi connectivity index (χ2n) is 2.11. The van der Waals surface area contributed by atoms with Gasteiger partial charge in [-0.15, -0.1) is 0 Å². The molecule has 0 aliphatic carbocycles.